The second kappa shape index (κ2) is 6.17. The fraction of sp³-hybridized carbons (Fsp3) is 0.143. The number of benzene rings is 1. The lowest BCUT2D eigenvalue weighted by Crippen LogP contribution is -2.12. The van der Waals surface area contributed by atoms with Crippen molar-refractivity contribution in [3.63, 3.8) is 0 Å². The van der Waals surface area contributed by atoms with E-state index >= 15 is 0 Å². The highest BCUT2D eigenvalue weighted by Crippen LogP contribution is 2.11. The molecule has 0 radical (unpaired) electrons. The number of amides is 1. The van der Waals surface area contributed by atoms with Gasteiger partial charge in [0, 0.05) is 29.5 Å². The Hall–Kier alpha value is -1.87. The normalized spacial score (nSPS) is 10.1. The number of nitrogens with one attached hydrogen (secondary N) is 1. The predicted octanol–water partition coefficient (Wildman–Crippen LogP) is 3.31. The van der Waals surface area contributed by atoms with Gasteiger partial charge in [-0.3, -0.25) is 9.78 Å². The molecule has 0 aliphatic carbocycles. The summed E-state index contributed by atoms with van der Waals surface area (Å²) >= 11 is 5.80. The molecule has 0 atom stereocenters. The van der Waals surface area contributed by atoms with Crippen LogP contribution in [0.25, 0.3) is 0 Å². The molecule has 1 N–H and O–H groups in total. The summed E-state index contributed by atoms with van der Waals surface area (Å²) in [5.41, 5.74) is 1.87. The van der Waals surface area contributed by atoms with Crippen molar-refractivity contribution < 1.29 is 4.79 Å². The molecule has 4 heteroatoms. The molecular formula is C14H13ClN2O. The van der Waals surface area contributed by atoms with Crippen LogP contribution in [-0.4, -0.2) is 10.9 Å². The third-order valence-corrected chi connectivity index (χ3v) is 2.77. The summed E-state index contributed by atoms with van der Waals surface area (Å²) in [5, 5.41) is 3.53. The molecule has 2 rings (SSSR count). The maximum atomic E-state index is 11.7. The van der Waals surface area contributed by atoms with Crippen molar-refractivity contribution in [1.82, 2.24) is 4.98 Å². The van der Waals surface area contributed by atoms with Crippen molar-refractivity contribution in [3.8, 4) is 0 Å². The summed E-state index contributed by atoms with van der Waals surface area (Å²) in [4.78, 5) is 15.6. The SMILES string of the molecule is O=C(CCc1ccc(Cl)cc1)Nc1ccncc1. The van der Waals surface area contributed by atoms with E-state index < -0.39 is 0 Å². The number of rotatable bonds is 4. The van der Waals surface area contributed by atoms with Gasteiger partial charge in [0.05, 0.1) is 0 Å². The van der Waals surface area contributed by atoms with Gasteiger partial charge in [-0.05, 0) is 36.2 Å². The van der Waals surface area contributed by atoms with Gasteiger partial charge in [0.2, 0.25) is 5.91 Å². The predicted molar refractivity (Wildman–Crippen MR) is 72.6 cm³/mol. The molecule has 18 heavy (non-hydrogen) atoms. The molecule has 0 unspecified atom stereocenters. The van der Waals surface area contributed by atoms with Gasteiger partial charge in [-0.15, -0.1) is 0 Å². The fourth-order valence-electron chi connectivity index (χ4n) is 1.57. The highest BCUT2D eigenvalue weighted by atomic mass is 35.5. The summed E-state index contributed by atoms with van der Waals surface area (Å²) in [6.45, 7) is 0. The Morgan fingerprint density at radius 3 is 2.44 bits per heavy atom. The molecule has 2 aromatic rings. The summed E-state index contributed by atoms with van der Waals surface area (Å²) in [6.07, 6.45) is 4.45. The van der Waals surface area contributed by atoms with E-state index in [-0.39, 0.29) is 5.91 Å². The Kier molecular flexibility index (Phi) is 4.31. The van der Waals surface area contributed by atoms with Crippen molar-refractivity contribution in [1.29, 1.82) is 0 Å². The number of aromatic nitrogens is 1. The number of nitrogens with zero attached hydrogens (tertiary/aromatic N) is 1. The van der Waals surface area contributed by atoms with Crippen LogP contribution in [-0.2, 0) is 11.2 Å². The minimum Gasteiger partial charge on any atom is -0.326 e. The first-order valence-corrected chi connectivity index (χ1v) is 6.06. The van der Waals surface area contributed by atoms with E-state index in [2.05, 4.69) is 10.3 Å². The molecule has 3 nitrogen and oxygen atoms in total. The van der Waals surface area contributed by atoms with E-state index in [0.29, 0.717) is 17.9 Å². The van der Waals surface area contributed by atoms with Crippen molar-refractivity contribution in [2.75, 3.05) is 5.32 Å². The number of aryl methyl sites for hydroxylation is 1. The molecule has 0 aliphatic rings. The van der Waals surface area contributed by atoms with Crippen molar-refractivity contribution in [2.45, 2.75) is 12.8 Å². The van der Waals surface area contributed by atoms with Crippen LogP contribution < -0.4 is 5.32 Å². The lowest BCUT2D eigenvalue weighted by molar-refractivity contribution is -0.116. The van der Waals surface area contributed by atoms with E-state index in [4.69, 9.17) is 11.6 Å². The average Bonchev–Trinajstić information content (AvgIpc) is 2.39. The van der Waals surface area contributed by atoms with E-state index in [1.165, 1.54) is 0 Å². The number of carbonyl (C=O) groups is 1. The zero-order valence-electron chi connectivity index (χ0n) is 9.77. The molecule has 1 heterocycles. The minimum atomic E-state index is -0.00356. The Balaban J connectivity index is 1.83. The van der Waals surface area contributed by atoms with E-state index in [0.717, 1.165) is 11.3 Å². The summed E-state index contributed by atoms with van der Waals surface area (Å²) in [5.74, 6) is -0.00356. The number of halogens is 1. The van der Waals surface area contributed by atoms with Gasteiger partial charge in [-0.1, -0.05) is 23.7 Å². The topological polar surface area (TPSA) is 42.0 Å². The Morgan fingerprint density at radius 1 is 1.11 bits per heavy atom. The highest BCUT2D eigenvalue weighted by Gasteiger charge is 2.02. The largest absolute Gasteiger partial charge is 0.326 e. The maximum absolute atomic E-state index is 11.7. The van der Waals surface area contributed by atoms with Crippen molar-refractivity contribution >= 4 is 23.2 Å². The first-order chi connectivity index (χ1) is 8.74. The van der Waals surface area contributed by atoms with Crippen LogP contribution in [0.3, 0.4) is 0 Å². The average molecular weight is 261 g/mol. The zero-order chi connectivity index (χ0) is 12.8. The summed E-state index contributed by atoms with van der Waals surface area (Å²) in [6, 6.07) is 11.1. The third kappa shape index (κ3) is 3.86. The summed E-state index contributed by atoms with van der Waals surface area (Å²) in [7, 11) is 0. The van der Waals surface area contributed by atoms with Crippen LogP contribution >= 0.6 is 11.6 Å². The smallest absolute Gasteiger partial charge is 0.224 e. The Labute approximate surface area is 111 Å². The molecule has 92 valence electrons. The third-order valence-electron chi connectivity index (χ3n) is 2.52. The molecule has 1 aromatic carbocycles. The molecule has 0 fully saturated rings. The molecule has 0 spiro atoms. The van der Waals surface area contributed by atoms with Gasteiger partial charge in [0.15, 0.2) is 0 Å². The summed E-state index contributed by atoms with van der Waals surface area (Å²) < 4.78 is 0. The van der Waals surface area contributed by atoms with Crippen LogP contribution in [0.1, 0.15) is 12.0 Å². The van der Waals surface area contributed by atoms with E-state index in [9.17, 15) is 4.79 Å². The van der Waals surface area contributed by atoms with Crippen molar-refractivity contribution in [3.05, 3.63) is 59.4 Å². The molecule has 1 amide bonds. The number of carbonyl (C=O) groups excluding carboxylic acids is 1. The van der Waals surface area contributed by atoms with Gasteiger partial charge in [0.25, 0.3) is 0 Å². The van der Waals surface area contributed by atoms with Crippen LogP contribution in [0, 0.1) is 0 Å². The van der Waals surface area contributed by atoms with Crippen LogP contribution in [0.2, 0.25) is 5.02 Å². The quantitative estimate of drug-likeness (QED) is 0.916. The molecule has 0 saturated heterocycles. The second-order valence-corrected chi connectivity index (χ2v) is 4.35. The Morgan fingerprint density at radius 2 is 1.78 bits per heavy atom. The monoisotopic (exact) mass is 260 g/mol. The number of hydrogen-bond acceptors (Lipinski definition) is 2. The molecule has 0 aliphatic heterocycles. The highest BCUT2D eigenvalue weighted by molar-refractivity contribution is 6.30. The first-order valence-electron chi connectivity index (χ1n) is 5.68. The van der Waals surface area contributed by atoms with Crippen LogP contribution in [0.5, 0.6) is 0 Å². The van der Waals surface area contributed by atoms with Gasteiger partial charge in [-0.2, -0.15) is 0 Å². The number of anilines is 1. The zero-order valence-corrected chi connectivity index (χ0v) is 10.5. The fourth-order valence-corrected chi connectivity index (χ4v) is 1.69. The van der Waals surface area contributed by atoms with Gasteiger partial charge < -0.3 is 5.32 Å². The number of hydrogen-bond donors (Lipinski definition) is 1. The van der Waals surface area contributed by atoms with Gasteiger partial charge in [-0.25, -0.2) is 0 Å². The maximum Gasteiger partial charge on any atom is 0.224 e. The first kappa shape index (κ1) is 12.6. The van der Waals surface area contributed by atoms with E-state index in [1.807, 2.05) is 24.3 Å². The van der Waals surface area contributed by atoms with Crippen molar-refractivity contribution in [2.24, 2.45) is 0 Å². The van der Waals surface area contributed by atoms with Crippen LogP contribution in [0.4, 0.5) is 5.69 Å². The lowest BCUT2D eigenvalue weighted by Gasteiger charge is -2.04. The molecule has 0 saturated carbocycles. The van der Waals surface area contributed by atoms with Gasteiger partial charge in [0.1, 0.15) is 0 Å². The standard InChI is InChI=1S/C14H13ClN2O/c15-12-4-1-11(2-5-12)3-6-14(18)17-13-7-9-16-10-8-13/h1-2,4-5,7-10H,3,6H2,(H,16,17,18). The lowest BCUT2D eigenvalue weighted by atomic mass is 10.1. The minimum absolute atomic E-state index is 0.00356. The molecule has 1 aromatic heterocycles. The second-order valence-electron chi connectivity index (χ2n) is 3.91. The molecule has 0 bridgehead atoms. The number of pyridine rings is 1. The van der Waals surface area contributed by atoms with E-state index in [1.54, 1.807) is 24.5 Å². The van der Waals surface area contributed by atoms with Gasteiger partial charge >= 0.3 is 0 Å². The Bertz CT molecular complexity index is 511. The molecular weight excluding hydrogens is 248 g/mol. The van der Waals surface area contributed by atoms with Crippen LogP contribution in [0.15, 0.2) is 48.8 Å².